The number of nitrogens with zero attached hydrogens (tertiary/aromatic N) is 10. The van der Waals surface area contributed by atoms with Crippen LogP contribution in [-0.2, 0) is 6.54 Å². The molecule has 1 fully saturated rings. The lowest BCUT2D eigenvalue weighted by molar-refractivity contribution is -0.0494. The third-order valence-electron chi connectivity index (χ3n) is 6.21. The van der Waals surface area contributed by atoms with Gasteiger partial charge >= 0.3 is 6.61 Å². The van der Waals surface area contributed by atoms with Crippen LogP contribution in [0.25, 0.3) is 16.9 Å². The number of likely N-dealkylation sites (N-methyl/N-ethyl adjacent to an activating group) is 1. The second-order valence-corrected chi connectivity index (χ2v) is 9.48. The Bertz CT molecular complexity index is 1610. The molecule has 0 radical (unpaired) electrons. The van der Waals surface area contributed by atoms with Crippen LogP contribution in [0.3, 0.4) is 0 Å². The van der Waals surface area contributed by atoms with Gasteiger partial charge in [0.25, 0.3) is 0 Å². The molecule has 1 unspecified atom stereocenters. The van der Waals surface area contributed by atoms with Gasteiger partial charge in [-0.15, -0.1) is 10.2 Å². The molecule has 16 heteroatoms. The number of ether oxygens (including phenoxy) is 1. The van der Waals surface area contributed by atoms with E-state index in [2.05, 4.69) is 40.8 Å². The first-order valence-electron chi connectivity index (χ1n) is 11.9. The lowest BCUT2D eigenvalue weighted by Crippen LogP contribution is -2.45. The number of tetrazole rings is 1. The van der Waals surface area contributed by atoms with Crippen molar-refractivity contribution >= 4 is 22.9 Å². The van der Waals surface area contributed by atoms with Crippen molar-refractivity contribution < 1.29 is 18.6 Å². The van der Waals surface area contributed by atoms with E-state index in [4.69, 9.17) is 16.3 Å². The molecule has 13 nitrogen and oxygen atoms in total. The molecule has 0 spiro atoms. The normalized spacial score (nSPS) is 15.1. The fourth-order valence-electron chi connectivity index (χ4n) is 4.39. The molecule has 5 heterocycles. The van der Waals surface area contributed by atoms with Gasteiger partial charge in [-0.05, 0) is 36.5 Å². The number of likely N-dealkylation sites (tertiary alicyclic amines) is 1. The second-order valence-electron chi connectivity index (χ2n) is 9.04. The van der Waals surface area contributed by atoms with E-state index in [1.807, 2.05) is 7.05 Å². The quantitative estimate of drug-likeness (QED) is 0.260. The summed E-state index contributed by atoms with van der Waals surface area (Å²) < 4.78 is 34.2. The van der Waals surface area contributed by atoms with E-state index >= 15 is 0 Å². The molecule has 1 aliphatic heterocycles. The predicted octanol–water partition coefficient (Wildman–Crippen LogP) is 2.47. The lowest BCUT2D eigenvalue weighted by Gasteiger charge is -2.34. The summed E-state index contributed by atoms with van der Waals surface area (Å²) in [6.07, 6.45) is 5.10. The van der Waals surface area contributed by atoms with E-state index in [0.29, 0.717) is 22.7 Å². The van der Waals surface area contributed by atoms with Crippen LogP contribution >= 0.6 is 11.6 Å². The first kappa shape index (κ1) is 25.1. The average Bonchev–Trinajstić information content (AvgIpc) is 3.62. The Labute approximate surface area is 224 Å². The van der Waals surface area contributed by atoms with Crippen LogP contribution in [0.5, 0.6) is 5.75 Å². The zero-order valence-electron chi connectivity index (χ0n) is 20.4. The maximum Gasteiger partial charge on any atom is 0.387 e. The number of rotatable bonds is 9. The molecule has 6 rings (SSSR count). The number of aliphatic hydroxyl groups is 1. The Morgan fingerprint density at radius 2 is 2.10 bits per heavy atom. The monoisotopic (exact) mass is 557 g/mol. The van der Waals surface area contributed by atoms with Crippen molar-refractivity contribution in [3.63, 3.8) is 0 Å². The lowest BCUT2D eigenvalue weighted by atomic mass is 10.1. The highest BCUT2D eigenvalue weighted by molar-refractivity contribution is 6.31. The molecular weight excluding hydrogens is 536 g/mol. The van der Waals surface area contributed by atoms with Gasteiger partial charge in [0.2, 0.25) is 0 Å². The van der Waals surface area contributed by atoms with Crippen LogP contribution in [0.4, 0.5) is 14.5 Å². The third kappa shape index (κ3) is 5.10. The van der Waals surface area contributed by atoms with Crippen LogP contribution in [0.15, 0.2) is 49.1 Å². The van der Waals surface area contributed by atoms with Crippen LogP contribution in [0.1, 0.15) is 23.7 Å². The van der Waals surface area contributed by atoms with E-state index in [0.717, 1.165) is 13.1 Å². The van der Waals surface area contributed by atoms with Gasteiger partial charge in [0.05, 0.1) is 23.5 Å². The summed E-state index contributed by atoms with van der Waals surface area (Å²) in [7, 11) is 2.01. The average molecular weight is 558 g/mol. The fraction of sp³-hybridized carbons (Fsp3) is 0.304. The Morgan fingerprint density at radius 3 is 2.90 bits per heavy atom. The molecule has 1 aliphatic rings. The van der Waals surface area contributed by atoms with Gasteiger partial charge in [-0.1, -0.05) is 11.6 Å². The van der Waals surface area contributed by atoms with Gasteiger partial charge < -0.3 is 20.1 Å². The molecule has 5 aromatic rings. The number of hydrogen-bond acceptors (Lipinski definition) is 10. The van der Waals surface area contributed by atoms with Gasteiger partial charge in [-0.3, -0.25) is 4.68 Å². The molecule has 202 valence electrons. The zero-order valence-corrected chi connectivity index (χ0v) is 21.2. The van der Waals surface area contributed by atoms with Gasteiger partial charge in [-0.25, -0.2) is 9.50 Å². The molecule has 1 atom stereocenters. The van der Waals surface area contributed by atoms with Crippen molar-refractivity contribution in [1.29, 1.82) is 0 Å². The molecule has 2 N–H and O–H groups in total. The van der Waals surface area contributed by atoms with Crippen molar-refractivity contribution in [3.8, 4) is 17.0 Å². The van der Waals surface area contributed by atoms with Gasteiger partial charge in [0.15, 0.2) is 17.7 Å². The molecule has 0 aliphatic carbocycles. The number of anilines is 1. The maximum absolute atomic E-state index is 13.2. The number of nitrogens with one attached hydrogen (secondary N) is 1. The zero-order chi connectivity index (χ0) is 27.1. The van der Waals surface area contributed by atoms with Crippen LogP contribution in [0.2, 0.25) is 5.02 Å². The van der Waals surface area contributed by atoms with Crippen LogP contribution < -0.4 is 10.1 Å². The van der Waals surface area contributed by atoms with Gasteiger partial charge in [0, 0.05) is 42.3 Å². The third-order valence-corrected chi connectivity index (χ3v) is 6.45. The highest BCUT2D eigenvalue weighted by atomic mass is 35.5. The van der Waals surface area contributed by atoms with Crippen molar-refractivity contribution in [2.75, 3.05) is 25.5 Å². The Balaban J connectivity index is 1.35. The smallest absolute Gasteiger partial charge is 0.387 e. The minimum absolute atomic E-state index is 0.131. The van der Waals surface area contributed by atoms with Gasteiger partial charge in [-0.2, -0.15) is 23.8 Å². The summed E-state index contributed by atoms with van der Waals surface area (Å²) in [6, 6.07) is 6.09. The first-order chi connectivity index (χ1) is 18.8. The molecule has 0 saturated carbocycles. The van der Waals surface area contributed by atoms with Crippen molar-refractivity contribution in [2.45, 2.75) is 25.4 Å². The minimum Gasteiger partial charge on any atom is -0.434 e. The topological polar surface area (TPSA) is 136 Å². The molecule has 39 heavy (non-hydrogen) atoms. The molecule has 1 saturated heterocycles. The molecule has 4 aromatic heterocycles. The number of fused-ring (bicyclic) bond motifs is 1. The number of aromatic nitrogens is 9. The molecule has 0 bridgehead atoms. The van der Waals surface area contributed by atoms with Crippen molar-refractivity contribution in [2.24, 2.45) is 0 Å². The fourth-order valence-corrected chi connectivity index (χ4v) is 4.56. The Morgan fingerprint density at radius 1 is 1.26 bits per heavy atom. The molecule has 1 aromatic carbocycles. The van der Waals surface area contributed by atoms with E-state index in [1.165, 1.54) is 33.6 Å². The number of alkyl halides is 2. The number of aliphatic hydroxyl groups excluding tert-OH is 1. The standard InChI is InChI=1S/C23H22ClF2N11O2/c1-34-9-14(10-34)37-31-19(30-33-37)12-35-11-17(29-22(38)16-8-28-36-6-2-5-27-21(16)36)20(32-35)15-7-13(24)3-4-18(15)39-23(25)26/h2-8,11,14,22-23,29,38H,9-10,12H2,1H3. The SMILES string of the molecule is CN1CC(n2nnc(Cn3cc(NC(O)c4cnn5cccnc45)c(-c4cc(Cl)ccc4OC(F)F)n3)n2)C1. The number of benzene rings is 1. The summed E-state index contributed by atoms with van der Waals surface area (Å²) in [6.45, 7) is -1.28. The van der Waals surface area contributed by atoms with Crippen molar-refractivity contribution in [3.05, 3.63) is 65.5 Å². The summed E-state index contributed by atoms with van der Waals surface area (Å²) in [5.74, 6) is 0.278. The van der Waals surface area contributed by atoms with E-state index in [9.17, 15) is 13.9 Å². The molecular formula is C23H22ClF2N11O2. The highest BCUT2D eigenvalue weighted by Gasteiger charge is 2.27. The van der Waals surface area contributed by atoms with Crippen LogP contribution in [0, 0.1) is 0 Å². The van der Waals surface area contributed by atoms with E-state index < -0.39 is 12.8 Å². The van der Waals surface area contributed by atoms with E-state index in [-0.39, 0.29) is 34.6 Å². The minimum atomic E-state index is -3.07. The second kappa shape index (κ2) is 10.2. The summed E-state index contributed by atoms with van der Waals surface area (Å²) in [5.41, 5.74) is 1.57. The van der Waals surface area contributed by atoms with Crippen molar-refractivity contribution in [1.82, 2.24) is 49.5 Å². The molecule has 0 amide bonds. The maximum atomic E-state index is 13.2. The number of halogens is 3. The highest BCUT2D eigenvalue weighted by Crippen LogP contribution is 2.38. The Kier molecular flexibility index (Phi) is 6.54. The summed E-state index contributed by atoms with van der Waals surface area (Å²) in [4.78, 5) is 7.98. The first-order valence-corrected chi connectivity index (χ1v) is 12.2. The van der Waals surface area contributed by atoms with Crippen LogP contribution in [-0.4, -0.2) is 81.3 Å². The predicted molar refractivity (Wildman–Crippen MR) is 134 cm³/mol. The summed E-state index contributed by atoms with van der Waals surface area (Å²) >= 11 is 6.21. The number of hydrogen-bond donors (Lipinski definition) is 2. The Hall–Kier alpha value is -4.21. The summed E-state index contributed by atoms with van der Waals surface area (Å²) in [5, 5.41) is 35.8. The van der Waals surface area contributed by atoms with Gasteiger partial charge in [0.1, 0.15) is 18.0 Å². The largest absolute Gasteiger partial charge is 0.434 e. The van der Waals surface area contributed by atoms with E-state index in [1.54, 1.807) is 29.5 Å².